The molecule has 0 spiro atoms. The van der Waals surface area contributed by atoms with Gasteiger partial charge in [-0.3, -0.25) is 4.79 Å². The van der Waals surface area contributed by atoms with Crippen LogP contribution >= 0.6 is 0 Å². The Hall–Kier alpha value is -3.76. The van der Waals surface area contributed by atoms with E-state index in [1.165, 1.54) is 0 Å². The number of hydrogen-bond donors (Lipinski definition) is 3. The van der Waals surface area contributed by atoms with Crippen LogP contribution in [0, 0.1) is 11.8 Å². The number of morpholine rings is 1. The minimum Gasteiger partial charge on any atom is -0.436 e. The molecule has 198 valence electrons. The second kappa shape index (κ2) is 9.21. The fourth-order valence-corrected chi connectivity index (χ4v) is 5.34. The highest BCUT2D eigenvalue weighted by Gasteiger charge is 2.51. The average molecular weight is 517 g/mol. The second-order valence-corrected chi connectivity index (χ2v) is 10.8. The predicted molar refractivity (Wildman–Crippen MR) is 146 cm³/mol. The number of hydrogen-bond acceptors (Lipinski definition) is 9. The van der Waals surface area contributed by atoms with Crippen LogP contribution in [-0.2, 0) is 9.53 Å². The molecule has 1 amide bonds. The van der Waals surface area contributed by atoms with E-state index in [1.54, 1.807) is 33.3 Å². The van der Waals surface area contributed by atoms with Gasteiger partial charge in [-0.05, 0) is 57.4 Å². The molecule has 3 atom stereocenters. The zero-order chi connectivity index (χ0) is 26.6. The maximum Gasteiger partial charge on any atom is 0.229 e. The fourth-order valence-electron chi connectivity index (χ4n) is 5.34. The predicted octanol–water partition coefficient (Wildman–Crippen LogP) is 4.05. The monoisotopic (exact) mass is 516 g/mol. The Kier molecular flexibility index (Phi) is 5.96. The first kappa shape index (κ1) is 24.6. The zero-order valence-electron chi connectivity index (χ0n) is 22.0. The van der Waals surface area contributed by atoms with Crippen LogP contribution in [-0.4, -0.2) is 64.4 Å². The Morgan fingerprint density at radius 3 is 2.76 bits per heavy atom. The molecular formula is C28H32N6O4. The number of carbonyl (C=O) groups excluding carboxylic acids is 1. The molecule has 4 aromatic rings. The molecule has 0 radical (unpaired) electrons. The van der Waals surface area contributed by atoms with E-state index < -0.39 is 5.60 Å². The molecule has 2 fully saturated rings. The van der Waals surface area contributed by atoms with Gasteiger partial charge in [0.05, 0.1) is 23.9 Å². The van der Waals surface area contributed by atoms with E-state index >= 15 is 0 Å². The summed E-state index contributed by atoms with van der Waals surface area (Å²) in [4.78, 5) is 28.9. The van der Waals surface area contributed by atoms with Gasteiger partial charge in [0.1, 0.15) is 17.2 Å². The van der Waals surface area contributed by atoms with Crippen molar-refractivity contribution in [2.45, 2.75) is 38.9 Å². The zero-order valence-corrected chi connectivity index (χ0v) is 22.0. The van der Waals surface area contributed by atoms with Crippen molar-refractivity contribution in [1.29, 1.82) is 0 Å². The van der Waals surface area contributed by atoms with Crippen molar-refractivity contribution in [2.24, 2.45) is 11.8 Å². The number of nitrogens with zero attached hydrogens (tertiary/aromatic N) is 4. The van der Waals surface area contributed by atoms with E-state index in [0.29, 0.717) is 41.7 Å². The standard InChI is InChI=1S/C28H32N6O4/c1-15-14-34(7-8-37-15)16-5-6-23-22(9-16)32-27(38-23)20-13-31-25(29-4)19-12-30-24(11-17(19)20)33-26(35)18-10-21(18)28(2,3)36/h5-6,9,11-13,15,18,21,36H,7-8,10,14H2,1-4H3,(H,29,31)(H,30,33,35). The molecule has 1 aliphatic heterocycles. The summed E-state index contributed by atoms with van der Waals surface area (Å²) in [5.41, 5.74) is 2.35. The number of aromatic nitrogens is 3. The van der Waals surface area contributed by atoms with Crippen molar-refractivity contribution < 1.29 is 19.1 Å². The number of pyridine rings is 2. The van der Waals surface area contributed by atoms with Crippen molar-refractivity contribution in [3.8, 4) is 11.5 Å². The summed E-state index contributed by atoms with van der Waals surface area (Å²) in [6, 6.07) is 7.86. The molecule has 38 heavy (non-hydrogen) atoms. The third-order valence-corrected chi connectivity index (χ3v) is 7.50. The van der Waals surface area contributed by atoms with Crippen LogP contribution < -0.4 is 15.5 Å². The van der Waals surface area contributed by atoms with Gasteiger partial charge in [-0.25, -0.2) is 15.0 Å². The molecule has 6 rings (SSSR count). The molecule has 0 bridgehead atoms. The topological polar surface area (TPSA) is 126 Å². The second-order valence-electron chi connectivity index (χ2n) is 10.8. The summed E-state index contributed by atoms with van der Waals surface area (Å²) in [7, 11) is 1.80. The molecule has 4 heterocycles. The number of aliphatic hydroxyl groups is 1. The number of amides is 1. The average Bonchev–Trinajstić information content (AvgIpc) is 3.61. The maximum absolute atomic E-state index is 12.8. The Morgan fingerprint density at radius 1 is 1.18 bits per heavy atom. The minimum atomic E-state index is -0.883. The van der Waals surface area contributed by atoms with Gasteiger partial charge in [-0.2, -0.15) is 0 Å². The Labute approximate surface area is 220 Å². The number of ether oxygens (including phenoxy) is 1. The summed E-state index contributed by atoms with van der Waals surface area (Å²) < 4.78 is 11.8. The first-order valence-corrected chi connectivity index (χ1v) is 13.0. The molecule has 1 aliphatic carbocycles. The summed E-state index contributed by atoms with van der Waals surface area (Å²) in [6.45, 7) is 7.91. The van der Waals surface area contributed by atoms with Crippen molar-refractivity contribution in [1.82, 2.24) is 15.0 Å². The number of fused-ring (bicyclic) bond motifs is 2. The van der Waals surface area contributed by atoms with E-state index in [-0.39, 0.29) is 23.8 Å². The molecule has 2 aliphatic rings. The summed E-state index contributed by atoms with van der Waals surface area (Å²) in [5, 5.41) is 17.8. The number of nitrogens with one attached hydrogen (secondary N) is 2. The highest BCUT2D eigenvalue weighted by Crippen LogP contribution is 2.46. The van der Waals surface area contributed by atoms with Crippen molar-refractivity contribution in [3.63, 3.8) is 0 Å². The Bertz CT molecular complexity index is 1530. The molecule has 1 aromatic carbocycles. The summed E-state index contributed by atoms with van der Waals surface area (Å²) >= 11 is 0. The Balaban J connectivity index is 1.34. The number of rotatable bonds is 6. The van der Waals surface area contributed by atoms with E-state index in [4.69, 9.17) is 14.1 Å². The lowest BCUT2D eigenvalue weighted by Gasteiger charge is -2.32. The van der Waals surface area contributed by atoms with Gasteiger partial charge >= 0.3 is 0 Å². The van der Waals surface area contributed by atoms with Gasteiger partial charge in [0.2, 0.25) is 11.8 Å². The van der Waals surface area contributed by atoms with Gasteiger partial charge in [0, 0.05) is 54.9 Å². The molecule has 1 saturated carbocycles. The van der Waals surface area contributed by atoms with E-state index in [2.05, 4.69) is 32.4 Å². The highest BCUT2D eigenvalue weighted by molar-refractivity contribution is 6.03. The van der Waals surface area contributed by atoms with Gasteiger partial charge in [-0.15, -0.1) is 0 Å². The van der Waals surface area contributed by atoms with Crippen LogP contribution in [0.25, 0.3) is 33.3 Å². The Morgan fingerprint density at radius 2 is 2.03 bits per heavy atom. The minimum absolute atomic E-state index is 0.0519. The number of carbonyl (C=O) groups is 1. The van der Waals surface area contributed by atoms with E-state index in [9.17, 15) is 9.90 Å². The number of benzene rings is 1. The lowest BCUT2D eigenvalue weighted by atomic mass is 10.0. The summed E-state index contributed by atoms with van der Waals surface area (Å²) in [6.07, 6.45) is 4.25. The summed E-state index contributed by atoms with van der Waals surface area (Å²) in [5.74, 6) is 1.12. The molecule has 3 N–H and O–H groups in total. The van der Waals surface area contributed by atoms with Crippen LogP contribution in [0.15, 0.2) is 41.1 Å². The van der Waals surface area contributed by atoms with Crippen molar-refractivity contribution >= 4 is 45.1 Å². The van der Waals surface area contributed by atoms with Gasteiger partial charge in [-0.1, -0.05) is 0 Å². The lowest BCUT2D eigenvalue weighted by Crippen LogP contribution is -2.41. The molecule has 3 unspecified atom stereocenters. The van der Waals surface area contributed by atoms with E-state index in [1.807, 2.05) is 24.3 Å². The SMILES string of the molecule is CNc1ncc(-c2nc3cc(N4CCOC(C)C4)ccc3o2)c2cc(NC(=O)C3CC3C(C)(C)O)ncc12. The normalized spacial score (nSPS) is 21.6. The molecule has 10 heteroatoms. The first-order valence-electron chi connectivity index (χ1n) is 13.0. The van der Waals surface area contributed by atoms with E-state index in [0.717, 1.165) is 35.1 Å². The maximum atomic E-state index is 12.8. The van der Waals surface area contributed by atoms with Crippen LogP contribution in [0.1, 0.15) is 27.2 Å². The van der Waals surface area contributed by atoms with Gasteiger partial charge in [0.15, 0.2) is 5.58 Å². The van der Waals surface area contributed by atoms with Crippen molar-refractivity contribution in [3.05, 3.63) is 36.7 Å². The highest BCUT2D eigenvalue weighted by atomic mass is 16.5. The molecule has 1 saturated heterocycles. The van der Waals surface area contributed by atoms with Crippen molar-refractivity contribution in [2.75, 3.05) is 42.3 Å². The number of oxazole rings is 1. The third kappa shape index (κ3) is 4.54. The third-order valence-electron chi connectivity index (χ3n) is 7.50. The fraction of sp³-hybridized carbons (Fsp3) is 0.429. The first-order chi connectivity index (χ1) is 18.2. The smallest absolute Gasteiger partial charge is 0.229 e. The van der Waals surface area contributed by atoms with Crippen LogP contribution in [0.5, 0.6) is 0 Å². The lowest BCUT2D eigenvalue weighted by molar-refractivity contribution is -0.118. The number of anilines is 3. The molecule has 3 aromatic heterocycles. The molecular weight excluding hydrogens is 484 g/mol. The quantitative estimate of drug-likeness (QED) is 0.348. The molecule has 10 nitrogen and oxygen atoms in total. The van der Waals surface area contributed by atoms with Crippen LogP contribution in [0.4, 0.5) is 17.3 Å². The largest absolute Gasteiger partial charge is 0.436 e. The van der Waals surface area contributed by atoms with Gasteiger partial charge < -0.3 is 29.8 Å². The van der Waals surface area contributed by atoms with Gasteiger partial charge in [0.25, 0.3) is 0 Å². The van der Waals surface area contributed by atoms with Crippen LogP contribution in [0.3, 0.4) is 0 Å². The van der Waals surface area contributed by atoms with Crippen LogP contribution in [0.2, 0.25) is 0 Å².